The molecule has 0 aliphatic rings. The average molecular weight is 246 g/mol. The van der Waals surface area contributed by atoms with Crippen molar-refractivity contribution >= 4 is 12.4 Å². The summed E-state index contributed by atoms with van der Waals surface area (Å²) in [6.07, 6.45) is 0.589. The lowest BCUT2D eigenvalue weighted by Gasteiger charge is -2.15. The third-order valence-corrected chi connectivity index (χ3v) is 2.56. The third kappa shape index (κ3) is 3.37. The largest absolute Gasteiger partial charge is 0.496 e. The van der Waals surface area contributed by atoms with E-state index >= 15 is 0 Å². The van der Waals surface area contributed by atoms with Gasteiger partial charge in [-0.3, -0.25) is 0 Å². The highest BCUT2D eigenvalue weighted by molar-refractivity contribution is 5.85. The van der Waals surface area contributed by atoms with E-state index < -0.39 is 0 Å². The molecule has 4 heteroatoms. The van der Waals surface area contributed by atoms with E-state index in [4.69, 9.17) is 15.6 Å². The van der Waals surface area contributed by atoms with Crippen molar-refractivity contribution in [1.29, 1.82) is 0 Å². The van der Waals surface area contributed by atoms with Crippen LogP contribution in [0.1, 0.15) is 29.2 Å². The summed E-state index contributed by atoms with van der Waals surface area (Å²) in [5, 5.41) is 8.83. The molecule has 0 fully saturated rings. The average Bonchev–Trinajstić information content (AvgIpc) is 2.17. The summed E-state index contributed by atoms with van der Waals surface area (Å²) in [6, 6.07) is 3.94. The van der Waals surface area contributed by atoms with Crippen LogP contribution in [0, 0.1) is 13.8 Å². The van der Waals surface area contributed by atoms with Gasteiger partial charge in [0.15, 0.2) is 0 Å². The molecule has 0 aliphatic heterocycles. The summed E-state index contributed by atoms with van der Waals surface area (Å²) in [5.74, 6) is 0.912. The van der Waals surface area contributed by atoms with Crippen LogP contribution in [0.25, 0.3) is 0 Å². The molecule has 0 saturated carbocycles. The molecule has 1 aromatic carbocycles. The predicted octanol–water partition coefficient (Wildman–Crippen LogP) is 2.12. The second-order valence-corrected chi connectivity index (χ2v) is 3.81. The van der Waals surface area contributed by atoms with Gasteiger partial charge in [-0.05, 0) is 37.0 Å². The van der Waals surface area contributed by atoms with E-state index in [-0.39, 0.29) is 25.1 Å². The molecule has 0 aliphatic carbocycles. The van der Waals surface area contributed by atoms with Crippen molar-refractivity contribution in [3.63, 3.8) is 0 Å². The van der Waals surface area contributed by atoms with Crippen molar-refractivity contribution in [1.82, 2.24) is 0 Å². The van der Waals surface area contributed by atoms with Gasteiger partial charge in [0.25, 0.3) is 0 Å². The van der Waals surface area contributed by atoms with E-state index in [0.29, 0.717) is 6.42 Å². The summed E-state index contributed by atoms with van der Waals surface area (Å²) in [4.78, 5) is 0. The standard InChI is InChI=1S/C12H19NO2.ClH/c1-8-6-10(11(13)4-5-14)7-9(2)12(8)15-3;/h6-7,11,14H,4-5,13H2,1-3H3;1H/t11-;/m0./s1. The van der Waals surface area contributed by atoms with Gasteiger partial charge in [-0.25, -0.2) is 0 Å². The topological polar surface area (TPSA) is 55.5 Å². The molecule has 0 aromatic heterocycles. The Bertz CT molecular complexity index is 319. The van der Waals surface area contributed by atoms with Crippen molar-refractivity contribution in [3.05, 3.63) is 28.8 Å². The molecule has 92 valence electrons. The minimum absolute atomic E-state index is 0. The molecule has 1 aromatic rings. The highest BCUT2D eigenvalue weighted by Gasteiger charge is 2.10. The summed E-state index contributed by atoms with van der Waals surface area (Å²) < 4.78 is 5.28. The number of hydrogen-bond acceptors (Lipinski definition) is 3. The van der Waals surface area contributed by atoms with Gasteiger partial charge in [-0.1, -0.05) is 12.1 Å². The summed E-state index contributed by atoms with van der Waals surface area (Å²) in [5.41, 5.74) is 9.16. The van der Waals surface area contributed by atoms with Crippen molar-refractivity contribution in [2.45, 2.75) is 26.3 Å². The maximum Gasteiger partial charge on any atom is 0.124 e. The second-order valence-electron chi connectivity index (χ2n) is 3.81. The lowest BCUT2D eigenvalue weighted by atomic mass is 9.99. The van der Waals surface area contributed by atoms with E-state index in [2.05, 4.69) is 0 Å². The molecule has 16 heavy (non-hydrogen) atoms. The molecule has 0 saturated heterocycles. The van der Waals surface area contributed by atoms with Crippen LogP contribution in [0.3, 0.4) is 0 Å². The highest BCUT2D eigenvalue weighted by atomic mass is 35.5. The van der Waals surface area contributed by atoms with Crippen molar-refractivity contribution < 1.29 is 9.84 Å². The van der Waals surface area contributed by atoms with Gasteiger partial charge in [0.1, 0.15) is 5.75 Å². The molecule has 0 unspecified atom stereocenters. The van der Waals surface area contributed by atoms with Crippen molar-refractivity contribution in [2.75, 3.05) is 13.7 Å². The number of nitrogens with two attached hydrogens (primary N) is 1. The zero-order valence-corrected chi connectivity index (χ0v) is 10.8. The van der Waals surface area contributed by atoms with Crippen LogP contribution in [0.2, 0.25) is 0 Å². The van der Waals surface area contributed by atoms with E-state index in [0.717, 1.165) is 22.4 Å². The number of benzene rings is 1. The fraction of sp³-hybridized carbons (Fsp3) is 0.500. The van der Waals surface area contributed by atoms with Crippen LogP contribution in [0.5, 0.6) is 5.75 Å². The van der Waals surface area contributed by atoms with Gasteiger partial charge in [0, 0.05) is 12.6 Å². The predicted molar refractivity (Wildman–Crippen MR) is 68.3 cm³/mol. The Morgan fingerprint density at radius 3 is 2.19 bits per heavy atom. The number of methoxy groups -OCH3 is 1. The number of hydrogen-bond donors (Lipinski definition) is 2. The summed E-state index contributed by atoms with van der Waals surface area (Å²) in [7, 11) is 1.67. The molecular formula is C12H20ClNO2. The second kappa shape index (κ2) is 6.74. The van der Waals surface area contributed by atoms with Crippen LogP contribution in [0.15, 0.2) is 12.1 Å². The van der Waals surface area contributed by atoms with E-state index in [1.54, 1.807) is 7.11 Å². The number of ether oxygens (including phenoxy) is 1. The first-order valence-corrected chi connectivity index (χ1v) is 5.11. The first-order chi connectivity index (χ1) is 7.10. The monoisotopic (exact) mass is 245 g/mol. The zero-order chi connectivity index (χ0) is 11.4. The molecule has 0 amide bonds. The molecular weight excluding hydrogens is 226 g/mol. The lowest BCUT2D eigenvalue weighted by molar-refractivity contribution is 0.276. The van der Waals surface area contributed by atoms with E-state index in [9.17, 15) is 0 Å². The van der Waals surface area contributed by atoms with E-state index in [1.807, 2.05) is 26.0 Å². The molecule has 1 atom stereocenters. The van der Waals surface area contributed by atoms with Gasteiger partial charge in [-0.2, -0.15) is 0 Å². The smallest absolute Gasteiger partial charge is 0.124 e. The lowest BCUT2D eigenvalue weighted by Crippen LogP contribution is -2.12. The minimum Gasteiger partial charge on any atom is -0.496 e. The van der Waals surface area contributed by atoms with Gasteiger partial charge < -0.3 is 15.6 Å². The normalized spacial score (nSPS) is 11.8. The van der Waals surface area contributed by atoms with Crippen molar-refractivity contribution in [2.24, 2.45) is 5.73 Å². The number of aliphatic hydroxyl groups is 1. The number of aryl methyl sites for hydroxylation is 2. The Kier molecular flexibility index (Phi) is 6.41. The molecule has 0 radical (unpaired) electrons. The number of halogens is 1. The fourth-order valence-electron chi connectivity index (χ4n) is 1.83. The van der Waals surface area contributed by atoms with Crippen LogP contribution >= 0.6 is 12.4 Å². The molecule has 0 heterocycles. The first kappa shape index (κ1) is 15.2. The zero-order valence-electron chi connectivity index (χ0n) is 9.99. The third-order valence-electron chi connectivity index (χ3n) is 2.56. The summed E-state index contributed by atoms with van der Waals surface area (Å²) in [6.45, 7) is 4.12. The SMILES string of the molecule is COc1c(C)cc([C@@H](N)CCO)cc1C.Cl. The fourth-order valence-corrected chi connectivity index (χ4v) is 1.83. The number of aliphatic hydroxyl groups excluding tert-OH is 1. The maximum atomic E-state index is 8.83. The highest BCUT2D eigenvalue weighted by Crippen LogP contribution is 2.27. The Balaban J connectivity index is 0.00000225. The quantitative estimate of drug-likeness (QED) is 0.854. The number of rotatable bonds is 4. The Hall–Kier alpha value is -0.770. The first-order valence-electron chi connectivity index (χ1n) is 5.11. The maximum absolute atomic E-state index is 8.83. The van der Waals surface area contributed by atoms with Crippen LogP contribution in [0.4, 0.5) is 0 Å². The van der Waals surface area contributed by atoms with Crippen molar-refractivity contribution in [3.8, 4) is 5.75 Å². The van der Waals surface area contributed by atoms with Gasteiger partial charge >= 0.3 is 0 Å². The molecule has 3 nitrogen and oxygen atoms in total. The van der Waals surface area contributed by atoms with E-state index in [1.165, 1.54) is 0 Å². The minimum atomic E-state index is -0.0988. The van der Waals surface area contributed by atoms with Crippen LogP contribution in [-0.4, -0.2) is 18.8 Å². The molecule has 1 rings (SSSR count). The molecule has 3 N–H and O–H groups in total. The Morgan fingerprint density at radius 2 is 1.81 bits per heavy atom. The van der Waals surface area contributed by atoms with Crippen LogP contribution < -0.4 is 10.5 Å². The van der Waals surface area contributed by atoms with Gasteiger partial charge in [0.2, 0.25) is 0 Å². The Labute approximate surface area is 103 Å². The van der Waals surface area contributed by atoms with Gasteiger partial charge in [-0.15, -0.1) is 12.4 Å². The summed E-state index contributed by atoms with van der Waals surface area (Å²) >= 11 is 0. The Morgan fingerprint density at radius 1 is 1.31 bits per heavy atom. The van der Waals surface area contributed by atoms with Gasteiger partial charge in [0.05, 0.1) is 7.11 Å². The molecule has 0 spiro atoms. The molecule has 0 bridgehead atoms. The van der Waals surface area contributed by atoms with Crippen LogP contribution in [-0.2, 0) is 0 Å².